The first kappa shape index (κ1) is 14.0. The Morgan fingerprint density at radius 1 is 1.33 bits per heavy atom. The summed E-state index contributed by atoms with van der Waals surface area (Å²) in [5.74, 6) is 0.0317. The summed E-state index contributed by atoms with van der Waals surface area (Å²) in [5, 5.41) is 0. The monoisotopic (exact) mass is 335 g/mol. The maximum atomic E-state index is 12.8. The van der Waals surface area contributed by atoms with Gasteiger partial charge in [0, 0.05) is 17.9 Å². The van der Waals surface area contributed by atoms with Crippen molar-refractivity contribution in [3.63, 3.8) is 0 Å². The maximum Gasteiger partial charge on any atom is 0.243 e. The minimum atomic E-state index is -3.50. The van der Waals surface area contributed by atoms with Gasteiger partial charge in [-0.1, -0.05) is 22.9 Å². The third-order valence-electron chi connectivity index (χ3n) is 3.28. The van der Waals surface area contributed by atoms with Crippen molar-refractivity contribution in [3.05, 3.63) is 30.1 Å². The van der Waals surface area contributed by atoms with Crippen molar-refractivity contribution in [3.8, 4) is 0 Å². The first-order valence-electron chi connectivity index (χ1n) is 5.81. The Balaban J connectivity index is 2.24. The summed E-state index contributed by atoms with van der Waals surface area (Å²) in [4.78, 5) is 0.319. The first-order chi connectivity index (χ1) is 8.41. The van der Waals surface area contributed by atoms with Crippen LogP contribution >= 0.6 is 15.9 Å². The third kappa shape index (κ3) is 2.75. The standard InChI is InChI=1S/C12H15BrFNO2S/c1-9-6-7-15(8-12(9)13)18(16,17)11-4-2-10(14)3-5-11/h2-5,9,12H,6-8H2,1H3. The predicted octanol–water partition coefficient (Wildman–Crippen LogP) is 2.62. The molecule has 100 valence electrons. The normalized spacial score (nSPS) is 26.2. The van der Waals surface area contributed by atoms with Crippen LogP contribution in [-0.2, 0) is 10.0 Å². The van der Waals surface area contributed by atoms with Gasteiger partial charge >= 0.3 is 0 Å². The smallest absolute Gasteiger partial charge is 0.207 e. The van der Waals surface area contributed by atoms with E-state index in [0.717, 1.165) is 6.42 Å². The molecule has 0 radical (unpaired) electrons. The van der Waals surface area contributed by atoms with Gasteiger partial charge < -0.3 is 0 Å². The fourth-order valence-corrected chi connectivity index (χ4v) is 4.25. The van der Waals surface area contributed by atoms with E-state index in [0.29, 0.717) is 19.0 Å². The van der Waals surface area contributed by atoms with Crippen LogP contribution in [-0.4, -0.2) is 30.6 Å². The molecule has 1 aromatic carbocycles. The van der Waals surface area contributed by atoms with Gasteiger partial charge in [-0.3, -0.25) is 0 Å². The average Bonchev–Trinajstić information content (AvgIpc) is 2.33. The molecule has 0 N–H and O–H groups in total. The SMILES string of the molecule is CC1CCN(S(=O)(=O)c2ccc(F)cc2)CC1Br. The van der Waals surface area contributed by atoms with E-state index in [1.165, 1.54) is 28.6 Å². The number of sulfonamides is 1. The molecule has 1 saturated heterocycles. The lowest BCUT2D eigenvalue weighted by Crippen LogP contribution is -2.43. The molecular formula is C12H15BrFNO2S. The lowest BCUT2D eigenvalue weighted by molar-refractivity contribution is 0.300. The van der Waals surface area contributed by atoms with E-state index in [9.17, 15) is 12.8 Å². The fourth-order valence-electron chi connectivity index (χ4n) is 1.97. The van der Waals surface area contributed by atoms with Crippen molar-refractivity contribution >= 4 is 26.0 Å². The van der Waals surface area contributed by atoms with Gasteiger partial charge in [-0.15, -0.1) is 0 Å². The molecule has 0 aliphatic carbocycles. The largest absolute Gasteiger partial charge is 0.243 e. The van der Waals surface area contributed by atoms with Gasteiger partial charge in [-0.05, 0) is 36.6 Å². The minimum absolute atomic E-state index is 0.151. The third-order valence-corrected chi connectivity index (χ3v) is 6.35. The van der Waals surface area contributed by atoms with Gasteiger partial charge in [0.15, 0.2) is 0 Å². The fraction of sp³-hybridized carbons (Fsp3) is 0.500. The van der Waals surface area contributed by atoms with Crippen molar-refractivity contribution < 1.29 is 12.8 Å². The molecule has 1 fully saturated rings. The van der Waals surface area contributed by atoms with Crippen LogP contribution in [0.2, 0.25) is 0 Å². The molecule has 0 saturated carbocycles. The predicted molar refractivity (Wildman–Crippen MR) is 71.7 cm³/mol. The van der Waals surface area contributed by atoms with E-state index in [-0.39, 0.29) is 9.72 Å². The highest BCUT2D eigenvalue weighted by Crippen LogP contribution is 2.27. The van der Waals surface area contributed by atoms with Crippen LogP contribution in [0.15, 0.2) is 29.2 Å². The van der Waals surface area contributed by atoms with E-state index >= 15 is 0 Å². The Hall–Kier alpha value is -0.460. The molecule has 0 bridgehead atoms. The van der Waals surface area contributed by atoms with Crippen LogP contribution in [0.3, 0.4) is 0 Å². The molecule has 0 spiro atoms. The summed E-state index contributed by atoms with van der Waals surface area (Å²) < 4.78 is 38.9. The Morgan fingerprint density at radius 2 is 1.94 bits per heavy atom. The zero-order valence-electron chi connectivity index (χ0n) is 10.0. The molecule has 3 nitrogen and oxygen atoms in total. The Labute approximate surface area is 115 Å². The Morgan fingerprint density at radius 3 is 2.50 bits per heavy atom. The lowest BCUT2D eigenvalue weighted by Gasteiger charge is -2.33. The average molecular weight is 336 g/mol. The Kier molecular flexibility index (Phi) is 4.08. The van der Waals surface area contributed by atoms with Crippen LogP contribution in [0.5, 0.6) is 0 Å². The van der Waals surface area contributed by atoms with Crippen molar-refractivity contribution in [2.45, 2.75) is 23.1 Å². The highest BCUT2D eigenvalue weighted by molar-refractivity contribution is 9.09. The molecule has 2 atom stereocenters. The second-order valence-electron chi connectivity index (χ2n) is 4.60. The van der Waals surface area contributed by atoms with Crippen molar-refractivity contribution in [1.29, 1.82) is 0 Å². The van der Waals surface area contributed by atoms with E-state index < -0.39 is 15.8 Å². The number of halogens is 2. The lowest BCUT2D eigenvalue weighted by atomic mass is 10.0. The highest BCUT2D eigenvalue weighted by atomic mass is 79.9. The number of rotatable bonds is 2. The van der Waals surface area contributed by atoms with Gasteiger partial charge in [0.05, 0.1) is 4.90 Å². The molecule has 1 aliphatic rings. The molecule has 6 heteroatoms. The van der Waals surface area contributed by atoms with Gasteiger partial charge in [0.25, 0.3) is 0 Å². The minimum Gasteiger partial charge on any atom is -0.207 e. The quantitative estimate of drug-likeness (QED) is 0.779. The highest BCUT2D eigenvalue weighted by Gasteiger charge is 2.32. The first-order valence-corrected chi connectivity index (χ1v) is 8.16. The molecule has 0 amide bonds. The molecular weight excluding hydrogens is 321 g/mol. The number of piperidine rings is 1. The second-order valence-corrected chi connectivity index (χ2v) is 7.71. The summed E-state index contributed by atoms with van der Waals surface area (Å²) >= 11 is 3.50. The molecule has 2 unspecified atom stereocenters. The number of hydrogen-bond acceptors (Lipinski definition) is 2. The van der Waals surface area contributed by atoms with E-state index in [1.807, 2.05) is 0 Å². The summed E-state index contributed by atoms with van der Waals surface area (Å²) in [6, 6.07) is 4.97. The van der Waals surface area contributed by atoms with Crippen LogP contribution in [0.25, 0.3) is 0 Å². The molecule has 1 aliphatic heterocycles. The molecule has 0 aromatic heterocycles. The van der Waals surface area contributed by atoms with Crippen molar-refractivity contribution in [2.75, 3.05) is 13.1 Å². The molecule has 2 rings (SSSR count). The number of nitrogens with zero attached hydrogens (tertiary/aromatic N) is 1. The van der Waals surface area contributed by atoms with Crippen molar-refractivity contribution in [2.24, 2.45) is 5.92 Å². The zero-order valence-corrected chi connectivity index (χ0v) is 12.4. The van der Waals surface area contributed by atoms with E-state index in [2.05, 4.69) is 22.9 Å². The maximum absolute atomic E-state index is 12.8. The molecule has 1 heterocycles. The van der Waals surface area contributed by atoms with E-state index in [1.54, 1.807) is 0 Å². The van der Waals surface area contributed by atoms with Crippen LogP contribution in [0.1, 0.15) is 13.3 Å². The van der Waals surface area contributed by atoms with Gasteiger partial charge in [0.1, 0.15) is 5.82 Å². The van der Waals surface area contributed by atoms with Crippen molar-refractivity contribution in [1.82, 2.24) is 4.31 Å². The second kappa shape index (κ2) is 5.27. The zero-order chi connectivity index (χ0) is 13.3. The van der Waals surface area contributed by atoms with Crippen LogP contribution < -0.4 is 0 Å². The van der Waals surface area contributed by atoms with Crippen LogP contribution in [0, 0.1) is 11.7 Å². The summed E-state index contributed by atoms with van der Waals surface area (Å²) in [5.41, 5.74) is 0. The number of benzene rings is 1. The summed E-state index contributed by atoms with van der Waals surface area (Å²) in [6.45, 7) is 3.07. The summed E-state index contributed by atoms with van der Waals surface area (Å²) in [7, 11) is -3.50. The molecule has 1 aromatic rings. The van der Waals surface area contributed by atoms with Gasteiger partial charge in [0.2, 0.25) is 10.0 Å². The number of alkyl halides is 1. The molecule has 18 heavy (non-hydrogen) atoms. The summed E-state index contributed by atoms with van der Waals surface area (Å²) in [6.07, 6.45) is 0.830. The van der Waals surface area contributed by atoms with E-state index in [4.69, 9.17) is 0 Å². The van der Waals surface area contributed by atoms with Crippen LogP contribution in [0.4, 0.5) is 4.39 Å². The topological polar surface area (TPSA) is 37.4 Å². The Bertz CT molecular complexity index is 517. The number of hydrogen-bond donors (Lipinski definition) is 0. The van der Waals surface area contributed by atoms with Gasteiger partial charge in [-0.25, -0.2) is 12.8 Å². The van der Waals surface area contributed by atoms with Gasteiger partial charge in [-0.2, -0.15) is 4.31 Å².